The molecule has 0 aromatic heterocycles. The smallest absolute Gasteiger partial charge is 0.304 e. The van der Waals surface area contributed by atoms with Crippen LogP contribution in [0.4, 0.5) is 0 Å². The molecule has 0 spiro atoms. The van der Waals surface area contributed by atoms with Crippen molar-refractivity contribution in [1.29, 1.82) is 15.9 Å². The van der Waals surface area contributed by atoms with Crippen molar-refractivity contribution in [2.75, 3.05) is 0 Å². The summed E-state index contributed by atoms with van der Waals surface area (Å²) in [5, 5.41) is 23.2. The third kappa shape index (κ3) is 2.23. The number of nitriles is 2. The quantitative estimate of drug-likeness (QED) is 0.371. The van der Waals surface area contributed by atoms with Crippen molar-refractivity contribution in [2.45, 2.75) is 6.04 Å². The molecule has 0 amide bonds. The largest absolute Gasteiger partial charge is 0.322 e. The topological polar surface area (TPSA) is 110 Å². The van der Waals surface area contributed by atoms with Crippen LogP contribution in [0.1, 0.15) is 0 Å². The molecule has 0 heterocycles. The van der Waals surface area contributed by atoms with Crippen molar-refractivity contribution in [1.82, 2.24) is 0 Å². The summed E-state index contributed by atoms with van der Waals surface area (Å²) in [6.07, 6.45) is 0.499. The molecule has 0 rings (SSSR count). The number of hydrogen-bond donors (Lipinski definition) is 1. The van der Waals surface area contributed by atoms with Crippen molar-refractivity contribution in [3.8, 4) is 12.1 Å². The van der Waals surface area contributed by atoms with Gasteiger partial charge in [0, 0.05) is 0 Å². The molecule has 0 aliphatic carbocycles. The van der Waals surface area contributed by atoms with Gasteiger partial charge in [-0.15, -0.1) is 0 Å². The molecule has 1 atom stereocenters. The van der Waals surface area contributed by atoms with Crippen LogP contribution in [0.5, 0.6) is 0 Å². The van der Waals surface area contributed by atoms with Gasteiger partial charge in [0.2, 0.25) is 5.78 Å². The Kier molecular flexibility index (Phi) is 4.25. The molecule has 68 valence electrons. The normalized spacial score (nSPS) is 10.4. The maximum absolute atomic E-state index is 11.0. The van der Waals surface area contributed by atoms with Gasteiger partial charge in [-0.05, 0) is 0 Å². The third-order valence-corrected chi connectivity index (χ3v) is 1.33. The lowest BCUT2D eigenvalue weighted by Gasteiger charge is -1.97. The molecular weight excluding hydrogens is 184 g/mol. The molecule has 1 N–H and O–H groups in total. The predicted molar refractivity (Wildman–Crippen MR) is 43.9 cm³/mol. The zero-order valence-corrected chi connectivity index (χ0v) is 6.89. The van der Waals surface area contributed by atoms with Crippen LogP contribution in [0.15, 0.2) is 0 Å². The minimum atomic E-state index is -1.69. The second-order valence-electron chi connectivity index (χ2n) is 2.16. The highest BCUT2D eigenvalue weighted by Crippen LogP contribution is 2.00. The van der Waals surface area contributed by atoms with Crippen LogP contribution >= 0.6 is 0 Å². The number of nitrogens with one attached hydrogen (secondary N) is 1. The van der Waals surface area contributed by atoms with Crippen LogP contribution in [0.25, 0.3) is 4.85 Å². The minimum Gasteiger partial charge on any atom is -0.304 e. The molecule has 0 aromatic rings. The van der Waals surface area contributed by atoms with Crippen molar-refractivity contribution in [3.63, 3.8) is 0 Å². The Labute approximate surface area is 79.7 Å². The van der Waals surface area contributed by atoms with Gasteiger partial charge < -0.3 is 5.41 Å². The molecule has 6 nitrogen and oxygen atoms in total. The molecule has 0 aliphatic heterocycles. The van der Waals surface area contributed by atoms with E-state index >= 15 is 0 Å². The van der Waals surface area contributed by atoms with E-state index in [-0.39, 0.29) is 0 Å². The van der Waals surface area contributed by atoms with E-state index in [9.17, 15) is 9.59 Å². The number of rotatable bonds is 4. The molecule has 0 aliphatic rings. The van der Waals surface area contributed by atoms with Gasteiger partial charge in [0.1, 0.15) is 0 Å². The highest BCUT2D eigenvalue weighted by Gasteiger charge is 2.33. The molecule has 0 radical (unpaired) electrons. The molecule has 0 bridgehead atoms. The highest BCUT2D eigenvalue weighted by atomic mass is 16.2. The van der Waals surface area contributed by atoms with E-state index in [1.807, 2.05) is 0 Å². The Morgan fingerprint density at radius 2 is 1.86 bits per heavy atom. The third-order valence-electron chi connectivity index (χ3n) is 1.33. The summed E-state index contributed by atoms with van der Waals surface area (Å²) in [6.45, 7) is 6.47. The highest BCUT2D eigenvalue weighted by molar-refractivity contribution is 6.44. The minimum absolute atomic E-state index is 0.499. The Bertz CT molecular complexity index is 379. The van der Waals surface area contributed by atoms with Gasteiger partial charge in [0.05, 0.1) is 18.4 Å². The predicted octanol–water partition coefficient (Wildman–Crippen LogP) is -0.275. The fraction of sp³-hybridized carbons (Fsp3) is 0.250. The maximum atomic E-state index is 11.0. The number of carbonyl (C=O) groups is 2. The molecule has 0 aromatic carbocycles. The van der Waals surface area contributed by atoms with E-state index in [1.54, 1.807) is 0 Å². The summed E-state index contributed by atoms with van der Waals surface area (Å²) in [6, 6.07) is 1.13. The zero-order valence-electron chi connectivity index (χ0n) is 6.89. The number of hydrogen-bond acceptors (Lipinski definition) is 5. The lowest BCUT2D eigenvalue weighted by Crippen LogP contribution is -2.31. The van der Waals surface area contributed by atoms with Gasteiger partial charge >= 0.3 is 6.04 Å². The van der Waals surface area contributed by atoms with E-state index in [1.165, 1.54) is 12.1 Å². The summed E-state index contributed by atoms with van der Waals surface area (Å²) in [5.74, 6) is -4.12. The maximum Gasteiger partial charge on any atom is 0.322 e. The molecular formula is C8H4N4O2. The van der Waals surface area contributed by atoms with Crippen LogP contribution in [0, 0.1) is 40.6 Å². The zero-order chi connectivity index (χ0) is 11.1. The standard InChI is InChI=1S/C8H4N4O2/c1-12-6(4-11)8(14)7(13)5(2-9)3-10/h4-6,11H. The second kappa shape index (κ2) is 5.18. The van der Waals surface area contributed by atoms with E-state index < -0.39 is 23.5 Å². The van der Waals surface area contributed by atoms with E-state index in [4.69, 9.17) is 22.5 Å². The fourth-order valence-electron chi connectivity index (χ4n) is 0.606. The lowest BCUT2D eigenvalue weighted by molar-refractivity contribution is -0.136. The number of nitrogens with zero attached hydrogens (tertiary/aromatic N) is 3. The monoisotopic (exact) mass is 188 g/mol. The van der Waals surface area contributed by atoms with Crippen molar-refractivity contribution in [2.24, 2.45) is 5.92 Å². The van der Waals surface area contributed by atoms with Gasteiger partial charge in [0.15, 0.2) is 5.92 Å². The Balaban J connectivity index is 4.84. The average Bonchev–Trinajstić information content (AvgIpc) is 2.21. The summed E-state index contributed by atoms with van der Waals surface area (Å²) in [5.41, 5.74) is 0. The first-order valence-corrected chi connectivity index (χ1v) is 3.36. The van der Waals surface area contributed by atoms with Gasteiger partial charge in [-0.1, -0.05) is 0 Å². The number of ketones is 2. The van der Waals surface area contributed by atoms with E-state index in [0.29, 0.717) is 6.21 Å². The fourth-order valence-corrected chi connectivity index (χ4v) is 0.606. The van der Waals surface area contributed by atoms with Crippen molar-refractivity contribution >= 4 is 17.8 Å². The molecule has 1 unspecified atom stereocenters. The Morgan fingerprint density at radius 1 is 1.36 bits per heavy atom. The molecule has 14 heavy (non-hydrogen) atoms. The molecule has 0 fully saturated rings. The molecule has 6 heteroatoms. The first-order valence-electron chi connectivity index (χ1n) is 3.36. The Hall–Kier alpha value is -2.52. The van der Waals surface area contributed by atoms with E-state index in [2.05, 4.69) is 4.85 Å². The summed E-state index contributed by atoms with van der Waals surface area (Å²) >= 11 is 0. The molecule has 0 saturated carbocycles. The number of Topliss-reactive ketones (excluding diaryl/α,β-unsaturated/α-hetero) is 2. The first-order chi connectivity index (χ1) is 6.62. The van der Waals surface area contributed by atoms with Gasteiger partial charge in [0.25, 0.3) is 5.78 Å². The van der Waals surface area contributed by atoms with Crippen molar-refractivity contribution < 1.29 is 9.59 Å². The first kappa shape index (κ1) is 11.5. The molecule has 0 saturated heterocycles. The van der Waals surface area contributed by atoms with Crippen LogP contribution in [-0.2, 0) is 9.59 Å². The van der Waals surface area contributed by atoms with Crippen LogP contribution in [-0.4, -0.2) is 23.8 Å². The van der Waals surface area contributed by atoms with Gasteiger partial charge in [-0.2, -0.15) is 10.5 Å². The van der Waals surface area contributed by atoms with Gasteiger partial charge in [-0.25, -0.2) is 6.57 Å². The van der Waals surface area contributed by atoms with E-state index in [0.717, 1.165) is 0 Å². The lowest BCUT2D eigenvalue weighted by atomic mass is 10.0. The SMILES string of the molecule is [C-]#[N+]C(C=N)C(=O)C(=O)C(C#N)C#N. The van der Waals surface area contributed by atoms with Crippen LogP contribution in [0.2, 0.25) is 0 Å². The summed E-state index contributed by atoms with van der Waals surface area (Å²) in [7, 11) is 0. The average molecular weight is 188 g/mol. The summed E-state index contributed by atoms with van der Waals surface area (Å²) in [4.78, 5) is 24.8. The Morgan fingerprint density at radius 3 is 2.14 bits per heavy atom. The van der Waals surface area contributed by atoms with Crippen molar-refractivity contribution in [3.05, 3.63) is 11.4 Å². The van der Waals surface area contributed by atoms with Crippen LogP contribution in [0.3, 0.4) is 0 Å². The summed E-state index contributed by atoms with van der Waals surface area (Å²) < 4.78 is 0. The second-order valence-corrected chi connectivity index (χ2v) is 2.16. The van der Waals surface area contributed by atoms with Gasteiger partial charge in [-0.3, -0.25) is 14.4 Å². The van der Waals surface area contributed by atoms with Crippen LogP contribution < -0.4 is 0 Å². The number of carbonyl (C=O) groups excluding carboxylic acids is 2.